The van der Waals surface area contributed by atoms with Gasteiger partial charge >= 0.3 is 0 Å². The Morgan fingerprint density at radius 1 is 1.13 bits per heavy atom. The molecular formula is C12H13FO2. The monoisotopic (exact) mass is 208 g/mol. The predicted molar refractivity (Wildman–Crippen MR) is 55.5 cm³/mol. The molecule has 0 aliphatic heterocycles. The molecule has 1 rings (SSSR count). The Morgan fingerprint density at radius 2 is 1.67 bits per heavy atom. The van der Waals surface area contributed by atoms with Gasteiger partial charge in [0.05, 0.1) is 0 Å². The Kier molecular flexibility index (Phi) is 3.72. The number of hydrogen-bond donors (Lipinski definition) is 0. The van der Waals surface area contributed by atoms with E-state index in [2.05, 4.69) is 0 Å². The Labute approximate surface area is 88.1 Å². The van der Waals surface area contributed by atoms with Crippen molar-refractivity contribution in [2.45, 2.75) is 20.0 Å². The van der Waals surface area contributed by atoms with E-state index >= 15 is 0 Å². The van der Waals surface area contributed by atoms with Crippen LogP contribution in [0.5, 0.6) is 0 Å². The number of Topliss-reactive ketones (excluding diaryl/α,β-unsaturated/α-hetero) is 2. The third-order valence-corrected chi connectivity index (χ3v) is 2.11. The molecule has 1 aromatic rings. The molecule has 0 heterocycles. The summed E-state index contributed by atoms with van der Waals surface area (Å²) < 4.78 is 13.4. The van der Waals surface area contributed by atoms with Crippen molar-refractivity contribution in [3.05, 3.63) is 35.9 Å². The fraction of sp³-hybridized carbons (Fsp3) is 0.333. The van der Waals surface area contributed by atoms with E-state index in [-0.39, 0.29) is 5.56 Å². The van der Waals surface area contributed by atoms with Gasteiger partial charge in [-0.05, 0) is 0 Å². The van der Waals surface area contributed by atoms with Gasteiger partial charge in [0.25, 0.3) is 0 Å². The van der Waals surface area contributed by atoms with Gasteiger partial charge in [0.15, 0.2) is 5.78 Å². The topological polar surface area (TPSA) is 34.1 Å². The van der Waals surface area contributed by atoms with Gasteiger partial charge in [-0.15, -0.1) is 0 Å². The lowest BCUT2D eigenvalue weighted by Crippen LogP contribution is -2.29. The molecule has 2 nitrogen and oxygen atoms in total. The number of carbonyl (C=O) groups excluding carboxylic acids is 2. The fourth-order valence-electron chi connectivity index (χ4n) is 1.17. The number of carbonyl (C=O) groups is 2. The van der Waals surface area contributed by atoms with Crippen LogP contribution in [-0.2, 0) is 4.79 Å². The molecule has 1 unspecified atom stereocenters. The predicted octanol–water partition coefficient (Wildman–Crippen LogP) is 2.43. The Hall–Kier alpha value is -1.51. The van der Waals surface area contributed by atoms with Crippen LogP contribution in [0.3, 0.4) is 0 Å². The molecular weight excluding hydrogens is 195 g/mol. The van der Waals surface area contributed by atoms with Crippen LogP contribution in [-0.4, -0.2) is 17.7 Å². The highest BCUT2D eigenvalue weighted by atomic mass is 19.1. The van der Waals surface area contributed by atoms with Crippen molar-refractivity contribution < 1.29 is 14.0 Å². The Bertz CT molecular complexity index is 357. The average Bonchev–Trinajstić information content (AvgIpc) is 2.27. The molecule has 0 radical (unpaired) electrons. The lowest BCUT2D eigenvalue weighted by atomic mass is 9.98. The minimum absolute atomic E-state index is 0.235. The van der Waals surface area contributed by atoms with Crippen LogP contribution in [0.1, 0.15) is 24.2 Å². The summed E-state index contributed by atoms with van der Waals surface area (Å²) in [4.78, 5) is 22.8. The van der Waals surface area contributed by atoms with Crippen molar-refractivity contribution >= 4 is 11.6 Å². The molecule has 0 fully saturated rings. The maximum atomic E-state index is 13.4. The van der Waals surface area contributed by atoms with E-state index in [4.69, 9.17) is 0 Å². The van der Waals surface area contributed by atoms with Crippen molar-refractivity contribution in [2.75, 3.05) is 0 Å². The van der Waals surface area contributed by atoms with E-state index in [0.29, 0.717) is 0 Å². The van der Waals surface area contributed by atoms with Gasteiger partial charge < -0.3 is 0 Å². The summed E-state index contributed by atoms with van der Waals surface area (Å²) in [5, 5.41) is 0. The number of alkyl halides is 1. The van der Waals surface area contributed by atoms with Gasteiger partial charge in [0, 0.05) is 11.5 Å². The van der Waals surface area contributed by atoms with Gasteiger partial charge in [-0.2, -0.15) is 0 Å². The number of hydrogen-bond acceptors (Lipinski definition) is 2. The molecule has 15 heavy (non-hydrogen) atoms. The van der Waals surface area contributed by atoms with Crippen molar-refractivity contribution in [1.29, 1.82) is 0 Å². The summed E-state index contributed by atoms with van der Waals surface area (Å²) in [7, 11) is 0. The summed E-state index contributed by atoms with van der Waals surface area (Å²) in [5.41, 5.74) is 0.235. The largest absolute Gasteiger partial charge is 0.296 e. The van der Waals surface area contributed by atoms with Crippen LogP contribution in [0.2, 0.25) is 0 Å². The molecule has 0 aliphatic rings. The number of rotatable bonds is 4. The molecule has 0 N–H and O–H groups in total. The van der Waals surface area contributed by atoms with Crippen LogP contribution in [0.25, 0.3) is 0 Å². The molecule has 1 aromatic carbocycles. The first kappa shape index (κ1) is 11.6. The molecule has 0 spiro atoms. The van der Waals surface area contributed by atoms with E-state index in [1.165, 1.54) is 12.1 Å². The molecule has 0 saturated carbocycles. The fourth-order valence-corrected chi connectivity index (χ4v) is 1.17. The van der Waals surface area contributed by atoms with Crippen LogP contribution in [0.4, 0.5) is 4.39 Å². The van der Waals surface area contributed by atoms with E-state index < -0.39 is 23.7 Å². The third kappa shape index (κ3) is 2.72. The quantitative estimate of drug-likeness (QED) is 0.562. The van der Waals surface area contributed by atoms with Gasteiger partial charge in [-0.1, -0.05) is 44.2 Å². The average molecular weight is 208 g/mol. The normalized spacial score (nSPS) is 12.5. The van der Waals surface area contributed by atoms with Gasteiger partial charge in [0.1, 0.15) is 0 Å². The lowest BCUT2D eigenvalue weighted by molar-refractivity contribution is -0.125. The highest BCUT2D eigenvalue weighted by molar-refractivity contribution is 6.13. The van der Waals surface area contributed by atoms with E-state index in [0.717, 1.165) is 0 Å². The second-order valence-electron chi connectivity index (χ2n) is 3.65. The maximum absolute atomic E-state index is 13.4. The van der Waals surface area contributed by atoms with Crippen LogP contribution in [0.15, 0.2) is 30.3 Å². The first-order valence-electron chi connectivity index (χ1n) is 4.81. The number of ketones is 2. The summed E-state index contributed by atoms with van der Waals surface area (Å²) in [6.45, 7) is 3.15. The number of halogens is 1. The van der Waals surface area contributed by atoms with Gasteiger partial charge in [-0.3, -0.25) is 9.59 Å². The lowest BCUT2D eigenvalue weighted by Gasteiger charge is -2.08. The third-order valence-electron chi connectivity index (χ3n) is 2.11. The van der Waals surface area contributed by atoms with Crippen LogP contribution in [0, 0.1) is 5.92 Å². The highest BCUT2D eigenvalue weighted by Crippen LogP contribution is 2.11. The molecule has 0 saturated heterocycles. The Balaban J connectivity index is 2.82. The van der Waals surface area contributed by atoms with Crippen LogP contribution < -0.4 is 0 Å². The van der Waals surface area contributed by atoms with Crippen molar-refractivity contribution in [2.24, 2.45) is 5.92 Å². The van der Waals surface area contributed by atoms with Gasteiger partial charge in [0.2, 0.25) is 12.0 Å². The van der Waals surface area contributed by atoms with E-state index in [1.54, 1.807) is 32.0 Å². The minimum atomic E-state index is -2.03. The molecule has 1 atom stereocenters. The maximum Gasteiger partial charge on any atom is 0.221 e. The smallest absolute Gasteiger partial charge is 0.221 e. The molecule has 0 aliphatic carbocycles. The molecule has 0 aromatic heterocycles. The summed E-state index contributed by atoms with van der Waals surface area (Å²) in [6, 6.07) is 8.01. The summed E-state index contributed by atoms with van der Waals surface area (Å²) in [5.74, 6) is -1.88. The van der Waals surface area contributed by atoms with Crippen molar-refractivity contribution in [3.63, 3.8) is 0 Å². The summed E-state index contributed by atoms with van der Waals surface area (Å²) >= 11 is 0. The van der Waals surface area contributed by atoms with Crippen molar-refractivity contribution in [1.82, 2.24) is 0 Å². The zero-order valence-corrected chi connectivity index (χ0v) is 8.74. The second-order valence-corrected chi connectivity index (χ2v) is 3.65. The zero-order valence-electron chi connectivity index (χ0n) is 8.74. The Morgan fingerprint density at radius 3 is 2.13 bits per heavy atom. The molecule has 3 heteroatoms. The summed E-state index contributed by atoms with van der Waals surface area (Å²) in [6.07, 6.45) is -2.03. The van der Waals surface area contributed by atoms with E-state index in [1.807, 2.05) is 0 Å². The van der Waals surface area contributed by atoms with Crippen molar-refractivity contribution in [3.8, 4) is 0 Å². The SMILES string of the molecule is CC(C)C(=O)C(F)C(=O)c1ccccc1. The highest BCUT2D eigenvalue weighted by Gasteiger charge is 2.28. The molecule has 80 valence electrons. The zero-order chi connectivity index (χ0) is 11.4. The second kappa shape index (κ2) is 4.82. The number of benzene rings is 1. The van der Waals surface area contributed by atoms with E-state index in [9.17, 15) is 14.0 Å². The minimum Gasteiger partial charge on any atom is -0.296 e. The van der Waals surface area contributed by atoms with Crippen LogP contribution >= 0.6 is 0 Å². The first-order valence-corrected chi connectivity index (χ1v) is 4.81. The standard InChI is InChI=1S/C12H13FO2/c1-8(2)11(14)10(13)12(15)9-6-4-3-5-7-9/h3-8,10H,1-2H3. The molecule has 0 bridgehead atoms. The van der Waals surface area contributed by atoms with Gasteiger partial charge in [-0.25, -0.2) is 4.39 Å². The first-order chi connectivity index (χ1) is 7.04. The molecule has 0 amide bonds.